The van der Waals surface area contributed by atoms with E-state index < -0.39 is 12.1 Å². The van der Waals surface area contributed by atoms with Crippen molar-refractivity contribution in [3.05, 3.63) is 48.0 Å². The van der Waals surface area contributed by atoms with E-state index in [9.17, 15) is 18.0 Å². The van der Waals surface area contributed by atoms with Crippen LogP contribution in [0.1, 0.15) is 31.4 Å². The number of nitrogens with zero attached hydrogens (tertiary/aromatic N) is 1. The molecule has 0 saturated carbocycles. The van der Waals surface area contributed by atoms with E-state index in [2.05, 4.69) is 5.32 Å². The molecule has 0 unspecified atom stereocenters. The van der Waals surface area contributed by atoms with Gasteiger partial charge in [0.25, 0.3) is 0 Å². The molecule has 1 saturated heterocycles. The molecular weight excluding hydrogens is 341 g/mol. The van der Waals surface area contributed by atoms with Crippen LogP contribution in [0, 0.1) is 5.92 Å². The molecule has 2 aromatic carbocycles. The highest BCUT2D eigenvalue weighted by molar-refractivity contribution is 5.83. The van der Waals surface area contributed by atoms with Gasteiger partial charge >= 0.3 is 6.18 Å². The molecule has 0 bridgehead atoms. The summed E-state index contributed by atoms with van der Waals surface area (Å²) < 4.78 is 38.7. The smallest absolute Gasteiger partial charge is 0.348 e. The Morgan fingerprint density at radius 1 is 1.23 bits per heavy atom. The topological polar surface area (TPSA) is 32.3 Å². The molecule has 1 fully saturated rings. The largest absolute Gasteiger partial charge is 0.393 e. The number of fused-ring (bicyclic) bond motifs is 1. The summed E-state index contributed by atoms with van der Waals surface area (Å²) in [7, 11) is 0. The summed E-state index contributed by atoms with van der Waals surface area (Å²) >= 11 is 0. The number of amides is 1. The summed E-state index contributed by atoms with van der Waals surface area (Å²) in [5, 5.41) is 5.12. The van der Waals surface area contributed by atoms with Crippen molar-refractivity contribution in [1.82, 2.24) is 10.2 Å². The Labute approximate surface area is 151 Å². The second-order valence-corrected chi connectivity index (χ2v) is 7.01. The maximum Gasteiger partial charge on any atom is 0.393 e. The number of nitrogens with one attached hydrogen (secondary N) is 1. The van der Waals surface area contributed by atoms with Crippen molar-refractivity contribution in [3.63, 3.8) is 0 Å². The fourth-order valence-electron chi connectivity index (χ4n) is 3.52. The number of hydrogen-bond acceptors (Lipinski definition) is 2. The van der Waals surface area contributed by atoms with E-state index in [0.717, 1.165) is 16.3 Å². The van der Waals surface area contributed by atoms with Gasteiger partial charge in [-0.15, -0.1) is 0 Å². The first-order chi connectivity index (χ1) is 12.3. The summed E-state index contributed by atoms with van der Waals surface area (Å²) in [6.45, 7) is 2.33. The van der Waals surface area contributed by atoms with E-state index in [-0.39, 0.29) is 31.5 Å². The van der Waals surface area contributed by atoms with Crippen LogP contribution in [0.15, 0.2) is 42.5 Å². The Bertz CT molecular complexity index is 775. The normalized spacial score (nSPS) is 20.1. The molecule has 3 nitrogen and oxygen atoms in total. The van der Waals surface area contributed by atoms with Crippen LogP contribution in [0.4, 0.5) is 13.2 Å². The molecule has 140 valence electrons. The highest BCUT2D eigenvalue weighted by atomic mass is 19.4. The second kappa shape index (κ2) is 7.66. The number of hydrogen-bond donors (Lipinski definition) is 1. The average molecular weight is 364 g/mol. The molecule has 0 aliphatic carbocycles. The second-order valence-electron chi connectivity index (χ2n) is 7.01. The van der Waals surface area contributed by atoms with Crippen molar-refractivity contribution in [1.29, 1.82) is 0 Å². The zero-order valence-corrected chi connectivity index (χ0v) is 14.7. The molecule has 1 amide bonds. The van der Waals surface area contributed by atoms with E-state index in [1.54, 1.807) is 4.90 Å². The van der Waals surface area contributed by atoms with Crippen LogP contribution in [0.3, 0.4) is 0 Å². The van der Waals surface area contributed by atoms with E-state index in [4.69, 9.17) is 0 Å². The number of halogens is 3. The van der Waals surface area contributed by atoms with Gasteiger partial charge in [-0.25, -0.2) is 0 Å². The van der Waals surface area contributed by atoms with Gasteiger partial charge in [0.1, 0.15) is 0 Å². The van der Waals surface area contributed by atoms with Crippen molar-refractivity contribution >= 4 is 16.7 Å². The lowest BCUT2D eigenvalue weighted by Gasteiger charge is -2.33. The third-order valence-corrected chi connectivity index (χ3v) is 4.99. The predicted octanol–water partition coefficient (Wildman–Crippen LogP) is 4.29. The molecule has 1 aliphatic rings. The molecule has 1 N–H and O–H groups in total. The maximum atomic E-state index is 12.9. The van der Waals surface area contributed by atoms with Crippen LogP contribution >= 0.6 is 0 Å². The first-order valence-corrected chi connectivity index (χ1v) is 8.90. The van der Waals surface area contributed by atoms with Crippen molar-refractivity contribution < 1.29 is 18.0 Å². The van der Waals surface area contributed by atoms with E-state index in [1.807, 2.05) is 49.4 Å². The van der Waals surface area contributed by atoms with Gasteiger partial charge in [0.15, 0.2) is 0 Å². The minimum atomic E-state index is -4.19. The molecule has 0 spiro atoms. The Balaban J connectivity index is 1.58. The van der Waals surface area contributed by atoms with Crippen molar-refractivity contribution in [3.8, 4) is 0 Å². The number of carbonyl (C=O) groups excluding carboxylic acids is 1. The zero-order chi connectivity index (χ0) is 18.7. The van der Waals surface area contributed by atoms with E-state index >= 15 is 0 Å². The van der Waals surface area contributed by atoms with Gasteiger partial charge in [0, 0.05) is 6.54 Å². The number of rotatable bonds is 4. The number of piperidine rings is 1. The maximum absolute atomic E-state index is 12.9. The van der Waals surface area contributed by atoms with Crippen LogP contribution in [0.5, 0.6) is 0 Å². The van der Waals surface area contributed by atoms with Gasteiger partial charge < -0.3 is 5.32 Å². The van der Waals surface area contributed by atoms with Gasteiger partial charge in [-0.2, -0.15) is 13.2 Å². The first kappa shape index (κ1) is 18.7. The number of benzene rings is 2. The number of likely N-dealkylation sites (tertiary alicyclic amines) is 1. The highest BCUT2D eigenvalue weighted by Crippen LogP contribution is 2.33. The quantitative estimate of drug-likeness (QED) is 0.878. The van der Waals surface area contributed by atoms with Gasteiger partial charge in [0.05, 0.1) is 18.5 Å². The van der Waals surface area contributed by atoms with Gasteiger partial charge in [-0.05, 0) is 48.7 Å². The molecule has 2 atom stereocenters. The predicted molar refractivity (Wildman–Crippen MR) is 95.7 cm³/mol. The molecule has 1 heterocycles. The Hall–Kier alpha value is -2.08. The van der Waals surface area contributed by atoms with Gasteiger partial charge in [-0.1, -0.05) is 36.4 Å². The lowest BCUT2D eigenvalue weighted by atomic mass is 9.97. The molecule has 2 aromatic rings. The molecule has 1 aliphatic heterocycles. The molecule has 0 aromatic heterocycles. The van der Waals surface area contributed by atoms with E-state index in [0.29, 0.717) is 13.0 Å². The number of alkyl halides is 3. The zero-order valence-electron chi connectivity index (χ0n) is 14.7. The van der Waals surface area contributed by atoms with Gasteiger partial charge in [-0.3, -0.25) is 9.69 Å². The summed E-state index contributed by atoms with van der Waals surface area (Å²) in [6, 6.07) is 13.8. The molecule has 3 rings (SSSR count). The molecule has 6 heteroatoms. The Kier molecular flexibility index (Phi) is 5.51. The highest BCUT2D eigenvalue weighted by Gasteiger charge is 2.41. The summed E-state index contributed by atoms with van der Waals surface area (Å²) in [5.74, 6) is -1.57. The minimum absolute atomic E-state index is 0.00447. The summed E-state index contributed by atoms with van der Waals surface area (Å²) in [4.78, 5) is 13.9. The average Bonchev–Trinajstić information content (AvgIpc) is 2.60. The molecule has 26 heavy (non-hydrogen) atoms. The van der Waals surface area contributed by atoms with Gasteiger partial charge in [0.2, 0.25) is 5.91 Å². The van der Waals surface area contributed by atoms with Crippen molar-refractivity contribution in [2.45, 2.75) is 32.0 Å². The van der Waals surface area contributed by atoms with Crippen LogP contribution in [0.2, 0.25) is 0 Å². The summed E-state index contributed by atoms with van der Waals surface area (Å²) in [5.41, 5.74) is 0.976. The van der Waals surface area contributed by atoms with Crippen molar-refractivity contribution in [2.24, 2.45) is 5.92 Å². The van der Waals surface area contributed by atoms with E-state index in [1.165, 1.54) is 0 Å². The van der Waals surface area contributed by atoms with Crippen LogP contribution in [0.25, 0.3) is 10.8 Å². The Morgan fingerprint density at radius 2 is 1.96 bits per heavy atom. The van der Waals surface area contributed by atoms with Crippen LogP contribution < -0.4 is 5.32 Å². The monoisotopic (exact) mass is 364 g/mol. The fraction of sp³-hybridized carbons (Fsp3) is 0.450. The lowest BCUT2D eigenvalue weighted by Crippen LogP contribution is -2.46. The lowest BCUT2D eigenvalue weighted by molar-refractivity contribution is -0.187. The third kappa shape index (κ3) is 4.55. The summed E-state index contributed by atoms with van der Waals surface area (Å²) in [6.07, 6.45) is -3.57. The minimum Gasteiger partial charge on any atom is -0.348 e. The first-order valence-electron chi connectivity index (χ1n) is 8.90. The Morgan fingerprint density at radius 3 is 2.69 bits per heavy atom. The SMILES string of the molecule is C[C@@H](NC(=O)CN1CCC[C@@H](C(F)(F)F)C1)c1ccc2ccccc2c1. The molecule has 0 radical (unpaired) electrons. The fourth-order valence-corrected chi connectivity index (χ4v) is 3.52. The molecular formula is C20H23F3N2O. The van der Waals surface area contributed by atoms with Crippen molar-refractivity contribution in [2.75, 3.05) is 19.6 Å². The van der Waals surface area contributed by atoms with Crippen LogP contribution in [-0.2, 0) is 4.79 Å². The standard InChI is InChI=1S/C20H23F3N2O/c1-14(16-9-8-15-5-2-3-6-17(15)11-16)24-19(26)13-25-10-4-7-18(12-25)20(21,22)23/h2-3,5-6,8-9,11,14,18H,4,7,10,12-13H2,1H3,(H,24,26)/t14-,18-/m1/s1. The number of carbonyl (C=O) groups is 1. The third-order valence-electron chi connectivity index (χ3n) is 4.99. The van der Waals surface area contributed by atoms with Crippen LogP contribution in [-0.4, -0.2) is 36.6 Å².